The van der Waals surface area contributed by atoms with Gasteiger partial charge in [0.05, 0.1) is 6.04 Å². The van der Waals surface area contributed by atoms with Crippen molar-refractivity contribution in [1.29, 1.82) is 0 Å². The summed E-state index contributed by atoms with van der Waals surface area (Å²) >= 11 is 6.38. The van der Waals surface area contributed by atoms with Crippen LogP contribution in [0.5, 0.6) is 0 Å². The van der Waals surface area contributed by atoms with Crippen LogP contribution in [0, 0.1) is 5.92 Å². The van der Waals surface area contributed by atoms with Gasteiger partial charge < -0.3 is 5.73 Å². The van der Waals surface area contributed by atoms with E-state index in [0.29, 0.717) is 6.04 Å². The number of nitrogens with zero attached hydrogens (tertiary/aromatic N) is 1. The summed E-state index contributed by atoms with van der Waals surface area (Å²) in [7, 11) is 0. The molecule has 1 saturated heterocycles. The quantitative estimate of drug-likeness (QED) is 0.911. The van der Waals surface area contributed by atoms with Crippen LogP contribution in [0.1, 0.15) is 45.2 Å². The lowest BCUT2D eigenvalue weighted by molar-refractivity contribution is 0.0661. The Kier molecular flexibility index (Phi) is 4.88. The minimum absolute atomic E-state index is 0.0765. The number of rotatable bonds is 3. The molecule has 1 aromatic carbocycles. The van der Waals surface area contributed by atoms with Crippen LogP contribution in [0.2, 0.25) is 5.02 Å². The third-order valence-electron chi connectivity index (χ3n) is 4.25. The van der Waals surface area contributed by atoms with Gasteiger partial charge in [0.15, 0.2) is 0 Å². The standard InChI is InChI=1S/C16H25ClN2/c1-11-8-9-12(2)19(10-11)16(13(3)18)14-6-4-5-7-15(14)17/h4-7,11-13,16H,8-10,18H2,1-3H3. The molecule has 4 atom stereocenters. The topological polar surface area (TPSA) is 29.3 Å². The summed E-state index contributed by atoms with van der Waals surface area (Å²) in [5, 5.41) is 0.829. The second-order valence-electron chi connectivity index (χ2n) is 6.05. The Balaban J connectivity index is 2.32. The van der Waals surface area contributed by atoms with Crippen molar-refractivity contribution in [3.63, 3.8) is 0 Å². The zero-order valence-electron chi connectivity index (χ0n) is 12.1. The molecule has 1 heterocycles. The summed E-state index contributed by atoms with van der Waals surface area (Å²) < 4.78 is 0. The molecule has 0 saturated carbocycles. The largest absolute Gasteiger partial charge is 0.326 e. The van der Waals surface area contributed by atoms with Crippen LogP contribution in [0.15, 0.2) is 24.3 Å². The van der Waals surface area contributed by atoms with Crippen molar-refractivity contribution in [1.82, 2.24) is 4.90 Å². The maximum atomic E-state index is 6.38. The second kappa shape index (κ2) is 6.25. The summed E-state index contributed by atoms with van der Waals surface area (Å²) in [5.41, 5.74) is 7.44. The van der Waals surface area contributed by atoms with Crippen molar-refractivity contribution in [2.75, 3.05) is 6.54 Å². The van der Waals surface area contributed by atoms with Gasteiger partial charge in [-0.3, -0.25) is 4.90 Å². The van der Waals surface area contributed by atoms with E-state index in [9.17, 15) is 0 Å². The molecular formula is C16H25ClN2. The Labute approximate surface area is 121 Å². The number of benzene rings is 1. The highest BCUT2D eigenvalue weighted by molar-refractivity contribution is 6.31. The molecule has 3 heteroatoms. The predicted octanol–water partition coefficient (Wildman–Crippen LogP) is 3.85. The molecule has 0 amide bonds. The lowest BCUT2D eigenvalue weighted by Crippen LogP contribution is -2.48. The van der Waals surface area contributed by atoms with Crippen molar-refractivity contribution in [2.24, 2.45) is 11.7 Å². The molecule has 4 unspecified atom stereocenters. The first-order valence-electron chi connectivity index (χ1n) is 7.26. The fourth-order valence-corrected chi connectivity index (χ4v) is 3.44. The van der Waals surface area contributed by atoms with Gasteiger partial charge >= 0.3 is 0 Å². The minimum atomic E-state index is 0.0765. The Morgan fingerprint density at radius 3 is 2.58 bits per heavy atom. The zero-order valence-corrected chi connectivity index (χ0v) is 12.9. The molecular weight excluding hydrogens is 256 g/mol. The number of likely N-dealkylation sites (tertiary alicyclic amines) is 1. The minimum Gasteiger partial charge on any atom is -0.326 e. The maximum absolute atomic E-state index is 6.38. The number of nitrogens with two attached hydrogens (primary N) is 1. The molecule has 0 bridgehead atoms. The van der Waals surface area contributed by atoms with Gasteiger partial charge in [-0.25, -0.2) is 0 Å². The molecule has 19 heavy (non-hydrogen) atoms. The fourth-order valence-electron chi connectivity index (χ4n) is 3.19. The van der Waals surface area contributed by atoms with Gasteiger partial charge in [-0.2, -0.15) is 0 Å². The molecule has 1 aliphatic heterocycles. The van der Waals surface area contributed by atoms with E-state index in [0.717, 1.165) is 17.5 Å². The average Bonchev–Trinajstić information content (AvgIpc) is 2.36. The van der Waals surface area contributed by atoms with Gasteiger partial charge in [-0.05, 0) is 44.2 Å². The van der Waals surface area contributed by atoms with Crippen LogP contribution < -0.4 is 5.73 Å². The predicted molar refractivity (Wildman–Crippen MR) is 82.4 cm³/mol. The van der Waals surface area contributed by atoms with E-state index in [1.54, 1.807) is 0 Å². The van der Waals surface area contributed by atoms with Crippen LogP contribution in [0.25, 0.3) is 0 Å². The van der Waals surface area contributed by atoms with E-state index in [4.69, 9.17) is 17.3 Å². The van der Waals surface area contributed by atoms with E-state index >= 15 is 0 Å². The molecule has 2 nitrogen and oxygen atoms in total. The molecule has 0 spiro atoms. The SMILES string of the molecule is CC1CCC(C)N(C(c2ccccc2Cl)C(C)N)C1. The van der Waals surface area contributed by atoms with Crippen LogP contribution in [0.3, 0.4) is 0 Å². The lowest BCUT2D eigenvalue weighted by atomic mass is 9.89. The smallest absolute Gasteiger partial charge is 0.0514 e. The van der Waals surface area contributed by atoms with Gasteiger partial charge in [0.2, 0.25) is 0 Å². The summed E-state index contributed by atoms with van der Waals surface area (Å²) in [6, 6.07) is 8.97. The van der Waals surface area contributed by atoms with Crippen LogP contribution >= 0.6 is 11.6 Å². The Bertz CT molecular complexity index is 419. The molecule has 0 aromatic heterocycles. The normalized spacial score (nSPS) is 28.1. The number of hydrogen-bond donors (Lipinski definition) is 1. The van der Waals surface area contributed by atoms with E-state index < -0.39 is 0 Å². The first-order chi connectivity index (χ1) is 9.00. The van der Waals surface area contributed by atoms with Gasteiger partial charge in [0.1, 0.15) is 0 Å². The van der Waals surface area contributed by atoms with Crippen LogP contribution in [0.4, 0.5) is 0 Å². The highest BCUT2D eigenvalue weighted by Crippen LogP contribution is 2.35. The average molecular weight is 281 g/mol. The molecule has 0 radical (unpaired) electrons. The van der Waals surface area contributed by atoms with Crippen molar-refractivity contribution in [3.8, 4) is 0 Å². The molecule has 1 aromatic rings. The van der Waals surface area contributed by atoms with E-state index in [-0.39, 0.29) is 12.1 Å². The van der Waals surface area contributed by atoms with E-state index in [1.807, 2.05) is 12.1 Å². The first-order valence-corrected chi connectivity index (χ1v) is 7.64. The van der Waals surface area contributed by atoms with Gasteiger partial charge in [0, 0.05) is 23.7 Å². The number of piperidine rings is 1. The highest BCUT2D eigenvalue weighted by atomic mass is 35.5. The third-order valence-corrected chi connectivity index (χ3v) is 4.59. The zero-order chi connectivity index (χ0) is 14.0. The lowest BCUT2D eigenvalue weighted by Gasteiger charge is -2.44. The Morgan fingerprint density at radius 1 is 1.26 bits per heavy atom. The Hall–Kier alpha value is -0.570. The summed E-state index contributed by atoms with van der Waals surface area (Å²) in [4.78, 5) is 2.54. The highest BCUT2D eigenvalue weighted by Gasteiger charge is 2.32. The first kappa shape index (κ1) is 14.8. The fraction of sp³-hybridized carbons (Fsp3) is 0.625. The third kappa shape index (κ3) is 3.31. The van der Waals surface area contributed by atoms with Gasteiger partial charge in [-0.15, -0.1) is 0 Å². The van der Waals surface area contributed by atoms with Crippen molar-refractivity contribution in [2.45, 2.75) is 51.7 Å². The molecule has 1 aliphatic rings. The van der Waals surface area contributed by atoms with Gasteiger partial charge in [0.25, 0.3) is 0 Å². The monoisotopic (exact) mass is 280 g/mol. The summed E-state index contributed by atoms with van der Waals surface area (Å²) in [6.07, 6.45) is 2.56. The Morgan fingerprint density at radius 2 is 1.95 bits per heavy atom. The van der Waals surface area contributed by atoms with E-state index in [2.05, 4.69) is 37.8 Å². The van der Waals surface area contributed by atoms with Crippen LogP contribution in [-0.4, -0.2) is 23.5 Å². The number of halogens is 1. The molecule has 106 valence electrons. The second-order valence-corrected chi connectivity index (χ2v) is 6.46. The van der Waals surface area contributed by atoms with Crippen molar-refractivity contribution < 1.29 is 0 Å². The number of hydrogen-bond acceptors (Lipinski definition) is 2. The molecule has 1 fully saturated rings. The summed E-state index contributed by atoms with van der Waals surface area (Å²) in [6.45, 7) is 7.82. The molecule has 0 aliphatic carbocycles. The molecule has 2 N–H and O–H groups in total. The van der Waals surface area contributed by atoms with Crippen molar-refractivity contribution in [3.05, 3.63) is 34.9 Å². The summed E-state index contributed by atoms with van der Waals surface area (Å²) in [5.74, 6) is 0.736. The molecule has 2 rings (SSSR count). The maximum Gasteiger partial charge on any atom is 0.0514 e. The van der Waals surface area contributed by atoms with Crippen LogP contribution in [-0.2, 0) is 0 Å². The van der Waals surface area contributed by atoms with Gasteiger partial charge in [-0.1, -0.05) is 36.7 Å². The van der Waals surface area contributed by atoms with Crippen molar-refractivity contribution >= 4 is 11.6 Å². The van der Waals surface area contributed by atoms with E-state index in [1.165, 1.54) is 18.4 Å².